The third kappa shape index (κ3) is 6.40. The summed E-state index contributed by atoms with van der Waals surface area (Å²) in [4.78, 5) is 26.7. The highest BCUT2D eigenvalue weighted by Crippen LogP contribution is 2.37. The quantitative estimate of drug-likeness (QED) is 0.349. The smallest absolute Gasteiger partial charge is 0.242 e. The van der Waals surface area contributed by atoms with E-state index in [1.54, 1.807) is 12.1 Å². The maximum Gasteiger partial charge on any atom is 0.242 e. The molecule has 2 N–H and O–H groups in total. The SMILES string of the molecule is O=C(Nc1ccc(SC(C(=O)Nc2ccccc2Cl)c2ccccc2)cc1)C1CCCCC1. The molecule has 0 saturated heterocycles. The molecule has 3 aromatic rings. The van der Waals surface area contributed by atoms with Crippen molar-refractivity contribution in [1.29, 1.82) is 0 Å². The van der Waals surface area contributed by atoms with E-state index < -0.39 is 5.25 Å². The van der Waals surface area contributed by atoms with Crippen molar-refractivity contribution in [3.8, 4) is 0 Å². The second-order valence-electron chi connectivity index (χ2n) is 8.23. The van der Waals surface area contributed by atoms with Gasteiger partial charge in [0.05, 0.1) is 10.7 Å². The summed E-state index contributed by atoms with van der Waals surface area (Å²) in [5, 5.41) is 6.04. The maximum atomic E-state index is 13.2. The Morgan fingerprint density at radius 1 is 0.818 bits per heavy atom. The van der Waals surface area contributed by atoms with Crippen molar-refractivity contribution in [1.82, 2.24) is 0 Å². The molecule has 1 aliphatic carbocycles. The Bertz CT molecular complexity index is 1080. The fourth-order valence-corrected chi connectivity index (χ4v) is 5.23. The Labute approximate surface area is 204 Å². The molecule has 33 heavy (non-hydrogen) atoms. The van der Waals surface area contributed by atoms with Crippen molar-refractivity contribution >= 4 is 46.6 Å². The van der Waals surface area contributed by atoms with Gasteiger partial charge in [-0.1, -0.05) is 73.3 Å². The third-order valence-electron chi connectivity index (χ3n) is 5.82. The van der Waals surface area contributed by atoms with E-state index in [0.717, 1.165) is 41.8 Å². The summed E-state index contributed by atoms with van der Waals surface area (Å²) in [7, 11) is 0. The van der Waals surface area contributed by atoms with Gasteiger partial charge in [-0.2, -0.15) is 0 Å². The molecule has 3 aromatic carbocycles. The van der Waals surface area contributed by atoms with Gasteiger partial charge in [0.2, 0.25) is 11.8 Å². The lowest BCUT2D eigenvalue weighted by molar-refractivity contribution is -0.120. The molecule has 1 fully saturated rings. The lowest BCUT2D eigenvalue weighted by Crippen LogP contribution is -2.24. The molecule has 4 nitrogen and oxygen atoms in total. The molecule has 0 heterocycles. The number of rotatable bonds is 7. The van der Waals surface area contributed by atoms with Crippen molar-refractivity contribution in [3.63, 3.8) is 0 Å². The second-order valence-corrected chi connectivity index (χ2v) is 9.81. The number of carbonyl (C=O) groups is 2. The Balaban J connectivity index is 1.46. The zero-order chi connectivity index (χ0) is 23.0. The van der Waals surface area contributed by atoms with Crippen LogP contribution in [0.3, 0.4) is 0 Å². The van der Waals surface area contributed by atoms with Gasteiger partial charge < -0.3 is 10.6 Å². The first-order valence-corrected chi connectivity index (χ1v) is 12.5. The molecule has 0 radical (unpaired) electrons. The van der Waals surface area contributed by atoms with Gasteiger partial charge in [-0.3, -0.25) is 9.59 Å². The zero-order valence-corrected chi connectivity index (χ0v) is 19.9. The van der Waals surface area contributed by atoms with E-state index >= 15 is 0 Å². The van der Waals surface area contributed by atoms with Crippen LogP contribution in [0.2, 0.25) is 5.02 Å². The van der Waals surface area contributed by atoms with Crippen molar-refractivity contribution in [3.05, 3.63) is 89.4 Å². The van der Waals surface area contributed by atoms with Crippen LogP contribution >= 0.6 is 23.4 Å². The average Bonchev–Trinajstić information content (AvgIpc) is 2.86. The molecule has 1 unspecified atom stereocenters. The van der Waals surface area contributed by atoms with Crippen LogP contribution in [0.4, 0.5) is 11.4 Å². The van der Waals surface area contributed by atoms with Crippen LogP contribution in [0.5, 0.6) is 0 Å². The second kappa shape index (κ2) is 11.4. The number of benzene rings is 3. The first kappa shape index (κ1) is 23.4. The normalized spacial score (nSPS) is 14.9. The van der Waals surface area contributed by atoms with Gasteiger partial charge >= 0.3 is 0 Å². The van der Waals surface area contributed by atoms with Crippen molar-refractivity contribution in [2.24, 2.45) is 5.92 Å². The highest BCUT2D eigenvalue weighted by Gasteiger charge is 2.23. The monoisotopic (exact) mass is 478 g/mol. The van der Waals surface area contributed by atoms with Crippen LogP contribution in [-0.2, 0) is 9.59 Å². The van der Waals surface area contributed by atoms with E-state index in [9.17, 15) is 9.59 Å². The lowest BCUT2D eigenvalue weighted by Gasteiger charge is -2.21. The van der Waals surface area contributed by atoms with Crippen LogP contribution < -0.4 is 10.6 Å². The molecule has 1 atom stereocenters. The summed E-state index contributed by atoms with van der Waals surface area (Å²) in [5.41, 5.74) is 2.28. The molecule has 0 aromatic heterocycles. The van der Waals surface area contributed by atoms with E-state index in [4.69, 9.17) is 11.6 Å². The lowest BCUT2D eigenvalue weighted by atomic mass is 9.88. The molecule has 0 aliphatic heterocycles. The summed E-state index contributed by atoms with van der Waals surface area (Å²) in [6.45, 7) is 0. The number of carbonyl (C=O) groups excluding carboxylic acids is 2. The van der Waals surface area contributed by atoms with E-state index in [-0.39, 0.29) is 17.7 Å². The molecule has 2 amide bonds. The molecular weight excluding hydrogens is 452 g/mol. The van der Waals surface area contributed by atoms with Gasteiger partial charge in [0.25, 0.3) is 0 Å². The van der Waals surface area contributed by atoms with Crippen LogP contribution in [-0.4, -0.2) is 11.8 Å². The Morgan fingerprint density at radius 3 is 2.18 bits per heavy atom. The van der Waals surface area contributed by atoms with Gasteiger partial charge in [0.1, 0.15) is 5.25 Å². The van der Waals surface area contributed by atoms with Gasteiger partial charge in [-0.05, 0) is 54.8 Å². The van der Waals surface area contributed by atoms with Gasteiger partial charge in [-0.15, -0.1) is 11.8 Å². The number of halogens is 1. The number of nitrogens with one attached hydrogen (secondary N) is 2. The minimum absolute atomic E-state index is 0.108. The summed E-state index contributed by atoms with van der Waals surface area (Å²) >= 11 is 7.70. The highest BCUT2D eigenvalue weighted by atomic mass is 35.5. The topological polar surface area (TPSA) is 58.2 Å². The van der Waals surface area contributed by atoms with Crippen molar-refractivity contribution < 1.29 is 9.59 Å². The van der Waals surface area contributed by atoms with Crippen LogP contribution in [0.25, 0.3) is 0 Å². The highest BCUT2D eigenvalue weighted by molar-refractivity contribution is 8.00. The molecule has 1 saturated carbocycles. The Hall–Kier alpha value is -2.76. The van der Waals surface area contributed by atoms with E-state index in [1.165, 1.54) is 18.2 Å². The number of amides is 2. The summed E-state index contributed by atoms with van der Waals surface area (Å²) in [5.74, 6) is 0.0779. The molecule has 0 spiro atoms. The summed E-state index contributed by atoms with van der Waals surface area (Å²) < 4.78 is 0. The maximum absolute atomic E-state index is 13.2. The average molecular weight is 479 g/mol. The fourth-order valence-electron chi connectivity index (χ4n) is 4.02. The summed E-state index contributed by atoms with van der Waals surface area (Å²) in [6.07, 6.45) is 5.43. The van der Waals surface area contributed by atoms with Crippen molar-refractivity contribution in [2.45, 2.75) is 42.2 Å². The van der Waals surface area contributed by atoms with E-state index in [0.29, 0.717) is 10.7 Å². The first-order chi connectivity index (χ1) is 16.1. The number of thioether (sulfide) groups is 1. The van der Waals surface area contributed by atoms with E-state index in [2.05, 4.69) is 10.6 Å². The fraction of sp³-hybridized carbons (Fsp3) is 0.259. The van der Waals surface area contributed by atoms with E-state index in [1.807, 2.05) is 66.7 Å². The molecule has 1 aliphatic rings. The largest absolute Gasteiger partial charge is 0.326 e. The predicted molar refractivity (Wildman–Crippen MR) is 137 cm³/mol. The molecule has 4 rings (SSSR count). The van der Waals surface area contributed by atoms with Crippen LogP contribution in [0.1, 0.15) is 42.9 Å². The molecular formula is C27H27ClN2O2S. The van der Waals surface area contributed by atoms with Gasteiger partial charge in [0.15, 0.2) is 0 Å². The van der Waals surface area contributed by atoms with Gasteiger partial charge in [0, 0.05) is 16.5 Å². The number of hydrogen-bond acceptors (Lipinski definition) is 3. The number of anilines is 2. The molecule has 0 bridgehead atoms. The Kier molecular flexibility index (Phi) is 8.08. The summed E-state index contributed by atoms with van der Waals surface area (Å²) in [6, 6.07) is 24.6. The van der Waals surface area contributed by atoms with Gasteiger partial charge in [-0.25, -0.2) is 0 Å². The number of hydrogen-bond donors (Lipinski definition) is 2. The van der Waals surface area contributed by atoms with Crippen LogP contribution in [0, 0.1) is 5.92 Å². The Morgan fingerprint density at radius 2 is 1.48 bits per heavy atom. The zero-order valence-electron chi connectivity index (χ0n) is 18.3. The standard InChI is InChI=1S/C27H27ClN2O2S/c28-23-13-7-8-14-24(23)30-27(32)25(19-9-3-1-4-10-19)33-22-17-15-21(16-18-22)29-26(31)20-11-5-2-6-12-20/h1,3-4,7-10,13-18,20,25H,2,5-6,11-12H2,(H,29,31)(H,30,32). The molecule has 170 valence electrons. The first-order valence-electron chi connectivity index (χ1n) is 11.3. The third-order valence-corrected chi connectivity index (χ3v) is 7.42. The predicted octanol–water partition coefficient (Wildman–Crippen LogP) is 7.33. The van der Waals surface area contributed by atoms with Crippen LogP contribution in [0.15, 0.2) is 83.8 Å². The minimum atomic E-state index is -0.454. The number of para-hydroxylation sites is 1. The minimum Gasteiger partial charge on any atom is -0.326 e. The van der Waals surface area contributed by atoms with Crippen molar-refractivity contribution in [2.75, 3.05) is 10.6 Å². The molecule has 6 heteroatoms.